The highest BCUT2D eigenvalue weighted by Crippen LogP contribution is 2.11. The Morgan fingerprint density at radius 1 is 0.913 bits per heavy atom. The second-order valence-corrected chi connectivity index (χ2v) is 10.7. The standard InChI is InChI=1S/C17H40N4S2/c1-16(2,22)13-18-11-15(19-14-17(3,4)23)12-21(7)10-8-9-20(5)6/h15,18-19,22-23H,8-14H2,1-7H3. The number of nitrogens with zero attached hydrogens (tertiary/aromatic N) is 2. The summed E-state index contributed by atoms with van der Waals surface area (Å²) in [7, 11) is 6.46. The van der Waals surface area contributed by atoms with Crippen LogP contribution in [0.5, 0.6) is 0 Å². The summed E-state index contributed by atoms with van der Waals surface area (Å²) in [4.78, 5) is 4.66. The molecule has 0 radical (unpaired) electrons. The number of thiol groups is 2. The number of rotatable bonds is 13. The molecule has 0 aliphatic rings. The maximum Gasteiger partial charge on any atom is 0.0320 e. The maximum atomic E-state index is 4.62. The molecular weight excluding hydrogens is 324 g/mol. The van der Waals surface area contributed by atoms with Crippen molar-refractivity contribution in [3.63, 3.8) is 0 Å². The number of nitrogens with one attached hydrogen (secondary N) is 2. The zero-order valence-electron chi connectivity index (χ0n) is 16.3. The molecule has 0 bridgehead atoms. The van der Waals surface area contributed by atoms with Crippen molar-refractivity contribution in [2.75, 3.05) is 60.4 Å². The molecule has 23 heavy (non-hydrogen) atoms. The zero-order chi connectivity index (χ0) is 18.1. The molecule has 0 spiro atoms. The molecule has 0 saturated heterocycles. The van der Waals surface area contributed by atoms with E-state index < -0.39 is 0 Å². The lowest BCUT2D eigenvalue weighted by Gasteiger charge is -2.29. The molecule has 6 heteroatoms. The molecule has 0 heterocycles. The molecule has 4 nitrogen and oxygen atoms in total. The van der Waals surface area contributed by atoms with Crippen molar-refractivity contribution in [1.82, 2.24) is 20.4 Å². The Kier molecular flexibility index (Phi) is 11.5. The van der Waals surface area contributed by atoms with E-state index in [2.05, 4.69) is 94.5 Å². The third-order valence-corrected chi connectivity index (χ3v) is 3.77. The first-order chi connectivity index (χ1) is 10.4. The van der Waals surface area contributed by atoms with Crippen molar-refractivity contribution in [1.29, 1.82) is 0 Å². The smallest absolute Gasteiger partial charge is 0.0320 e. The van der Waals surface area contributed by atoms with Gasteiger partial charge in [-0.25, -0.2) is 0 Å². The Morgan fingerprint density at radius 3 is 1.96 bits per heavy atom. The van der Waals surface area contributed by atoms with E-state index in [1.165, 1.54) is 6.42 Å². The molecule has 1 atom stereocenters. The molecule has 0 aromatic carbocycles. The fourth-order valence-electron chi connectivity index (χ4n) is 2.27. The van der Waals surface area contributed by atoms with E-state index in [4.69, 9.17) is 0 Å². The highest BCUT2D eigenvalue weighted by atomic mass is 32.1. The van der Waals surface area contributed by atoms with Crippen LogP contribution in [-0.2, 0) is 0 Å². The van der Waals surface area contributed by atoms with E-state index in [1.807, 2.05) is 0 Å². The van der Waals surface area contributed by atoms with Crippen LogP contribution in [0.2, 0.25) is 0 Å². The van der Waals surface area contributed by atoms with Crippen LogP contribution >= 0.6 is 25.3 Å². The van der Waals surface area contributed by atoms with Crippen LogP contribution in [0.3, 0.4) is 0 Å². The summed E-state index contributed by atoms with van der Waals surface area (Å²) in [5.41, 5.74) is 0. The minimum absolute atomic E-state index is 0.00453. The molecular formula is C17H40N4S2. The normalized spacial score (nSPS) is 14.7. The van der Waals surface area contributed by atoms with E-state index >= 15 is 0 Å². The van der Waals surface area contributed by atoms with Crippen LogP contribution in [0.25, 0.3) is 0 Å². The van der Waals surface area contributed by atoms with Gasteiger partial charge in [0.05, 0.1) is 0 Å². The van der Waals surface area contributed by atoms with Crippen LogP contribution in [0.15, 0.2) is 0 Å². The number of hydrogen-bond donors (Lipinski definition) is 4. The van der Waals surface area contributed by atoms with Crippen LogP contribution < -0.4 is 10.6 Å². The molecule has 2 N–H and O–H groups in total. The first-order valence-electron chi connectivity index (χ1n) is 8.61. The van der Waals surface area contributed by atoms with Crippen molar-refractivity contribution < 1.29 is 0 Å². The third kappa shape index (κ3) is 17.2. The molecule has 0 aliphatic carbocycles. The highest BCUT2D eigenvalue weighted by molar-refractivity contribution is 7.82. The lowest BCUT2D eigenvalue weighted by molar-refractivity contribution is 0.263. The summed E-state index contributed by atoms with van der Waals surface area (Å²) in [5.74, 6) is 0. The van der Waals surface area contributed by atoms with E-state index in [-0.39, 0.29) is 9.49 Å². The Bertz CT molecular complexity index is 298. The quantitative estimate of drug-likeness (QED) is 0.376. The maximum absolute atomic E-state index is 4.62. The summed E-state index contributed by atoms with van der Waals surface area (Å²) in [5, 5.41) is 7.20. The largest absolute Gasteiger partial charge is 0.314 e. The monoisotopic (exact) mass is 364 g/mol. The van der Waals surface area contributed by atoms with Gasteiger partial charge in [-0.15, -0.1) is 0 Å². The summed E-state index contributed by atoms with van der Waals surface area (Å²) in [6, 6.07) is 0.418. The van der Waals surface area contributed by atoms with E-state index in [0.29, 0.717) is 6.04 Å². The molecule has 0 rings (SSSR count). The van der Waals surface area contributed by atoms with Crippen molar-refractivity contribution >= 4 is 25.3 Å². The van der Waals surface area contributed by atoms with Gasteiger partial charge >= 0.3 is 0 Å². The first kappa shape index (κ1) is 23.5. The van der Waals surface area contributed by atoms with Gasteiger partial charge in [0.25, 0.3) is 0 Å². The van der Waals surface area contributed by atoms with Gasteiger partial charge in [0.1, 0.15) is 0 Å². The minimum Gasteiger partial charge on any atom is -0.314 e. The second-order valence-electron chi connectivity index (χ2n) is 8.25. The Labute approximate surface area is 156 Å². The Morgan fingerprint density at radius 2 is 1.48 bits per heavy atom. The van der Waals surface area contributed by atoms with Crippen molar-refractivity contribution in [2.45, 2.75) is 49.7 Å². The van der Waals surface area contributed by atoms with Gasteiger partial charge in [-0.1, -0.05) is 0 Å². The predicted octanol–water partition coefficient (Wildman–Crippen LogP) is 1.83. The van der Waals surface area contributed by atoms with E-state index in [9.17, 15) is 0 Å². The SMILES string of the molecule is CN(C)CCCN(C)CC(CNCC(C)(C)S)NCC(C)(C)S. The topological polar surface area (TPSA) is 30.5 Å². The van der Waals surface area contributed by atoms with Crippen molar-refractivity contribution in [3.8, 4) is 0 Å². The molecule has 1 unspecified atom stereocenters. The average molecular weight is 365 g/mol. The summed E-state index contributed by atoms with van der Waals surface area (Å²) >= 11 is 9.20. The van der Waals surface area contributed by atoms with Crippen molar-refractivity contribution in [3.05, 3.63) is 0 Å². The molecule has 0 fully saturated rings. The summed E-state index contributed by atoms with van der Waals surface area (Å²) < 4.78 is 0.0234. The lowest BCUT2D eigenvalue weighted by atomic mass is 10.1. The Balaban J connectivity index is 4.29. The predicted molar refractivity (Wildman–Crippen MR) is 111 cm³/mol. The van der Waals surface area contributed by atoms with Gasteiger partial charge in [0.2, 0.25) is 0 Å². The fourth-order valence-corrected chi connectivity index (χ4v) is 2.48. The number of hydrogen-bond acceptors (Lipinski definition) is 6. The van der Waals surface area contributed by atoms with Crippen molar-refractivity contribution in [2.24, 2.45) is 0 Å². The molecule has 0 aliphatic heterocycles. The number of likely N-dealkylation sites (N-methyl/N-ethyl adjacent to an activating group) is 1. The van der Waals surface area contributed by atoms with Gasteiger partial charge < -0.3 is 20.4 Å². The van der Waals surface area contributed by atoms with Crippen LogP contribution in [0, 0.1) is 0 Å². The van der Waals surface area contributed by atoms with Gasteiger partial charge in [-0.05, 0) is 68.3 Å². The lowest BCUT2D eigenvalue weighted by Crippen LogP contribution is -2.50. The summed E-state index contributed by atoms with van der Waals surface area (Å²) in [6.07, 6.45) is 1.20. The van der Waals surface area contributed by atoms with Gasteiger partial charge in [-0.2, -0.15) is 25.3 Å². The average Bonchev–Trinajstić information content (AvgIpc) is 2.32. The highest BCUT2D eigenvalue weighted by Gasteiger charge is 2.18. The zero-order valence-corrected chi connectivity index (χ0v) is 18.1. The molecule has 0 aromatic rings. The minimum atomic E-state index is 0.00453. The van der Waals surface area contributed by atoms with Crippen LogP contribution in [-0.4, -0.2) is 85.7 Å². The molecule has 0 amide bonds. The van der Waals surface area contributed by atoms with Gasteiger partial charge in [0.15, 0.2) is 0 Å². The van der Waals surface area contributed by atoms with Crippen LogP contribution in [0.1, 0.15) is 34.1 Å². The summed E-state index contributed by atoms with van der Waals surface area (Å²) in [6.45, 7) is 14.6. The second kappa shape index (κ2) is 11.2. The fraction of sp³-hybridized carbons (Fsp3) is 1.00. The first-order valence-corrected chi connectivity index (χ1v) is 9.50. The Hall–Kier alpha value is 0.540. The van der Waals surface area contributed by atoms with Gasteiger partial charge in [0, 0.05) is 41.7 Å². The van der Waals surface area contributed by atoms with E-state index in [1.54, 1.807) is 0 Å². The van der Waals surface area contributed by atoms with E-state index in [0.717, 1.165) is 39.3 Å². The van der Waals surface area contributed by atoms with Gasteiger partial charge in [-0.3, -0.25) is 0 Å². The molecule has 0 saturated carbocycles. The molecule has 140 valence electrons. The third-order valence-electron chi connectivity index (χ3n) is 3.45. The molecule has 0 aromatic heterocycles. The van der Waals surface area contributed by atoms with Crippen LogP contribution in [0.4, 0.5) is 0 Å².